The highest BCUT2D eigenvalue weighted by atomic mass is 16.3. The molecule has 1 heterocycles. The van der Waals surface area contributed by atoms with Crippen molar-refractivity contribution >= 4 is 6.01 Å². The van der Waals surface area contributed by atoms with Crippen molar-refractivity contribution in [2.45, 2.75) is 26.1 Å². The molecule has 0 saturated carbocycles. The number of aliphatic hydroxyl groups excluding tert-OH is 2. The van der Waals surface area contributed by atoms with Gasteiger partial charge in [0.05, 0.1) is 19.3 Å². The van der Waals surface area contributed by atoms with E-state index in [1.54, 1.807) is 0 Å². The number of aliphatic hydroxyl groups is 2. The van der Waals surface area contributed by atoms with Crippen molar-refractivity contribution in [1.82, 2.24) is 4.57 Å². The molecule has 7 heteroatoms. The zero-order valence-corrected chi connectivity index (χ0v) is 9.56. The molecule has 0 aromatic carbocycles. The molecule has 0 radical (unpaired) electrons. The Morgan fingerprint density at radius 3 is 2.71 bits per heavy atom. The lowest BCUT2D eigenvalue weighted by Crippen LogP contribution is -2.39. The topological polar surface area (TPSA) is 108 Å². The van der Waals surface area contributed by atoms with Gasteiger partial charge in [0.25, 0.3) is 0 Å². The van der Waals surface area contributed by atoms with Gasteiger partial charge in [-0.2, -0.15) is 5.26 Å². The second-order valence-electron chi connectivity index (χ2n) is 3.09. The van der Waals surface area contributed by atoms with E-state index in [0.29, 0.717) is 6.54 Å². The van der Waals surface area contributed by atoms with Crippen LogP contribution in [-0.4, -0.2) is 33.5 Å². The third-order valence-corrected chi connectivity index (χ3v) is 1.84. The number of aliphatic imine (C=N–C) groups is 1. The van der Waals surface area contributed by atoms with Gasteiger partial charge in [0, 0.05) is 0 Å². The molecule has 1 aromatic heterocycles. The SMILES string of the molecule is CCn1cc[n+](CC(O)CO)c1.N#CN=C=[N-]. The van der Waals surface area contributed by atoms with Crippen LogP contribution in [0.2, 0.25) is 0 Å². The third-order valence-electron chi connectivity index (χ3n) is 1.84. The quantitative estimate of drug-likeness (QED) is 0.413. The van der Waals surface area contributed by atoms with Gasteiger partial charge in [-0.3, -0.25) is 0 Å². The number of imidazole rings is 1. The smallest absolute Gasteiger partial charge is 0.243 e. The molecule has 17 heavy (non-hydrogen) atoms. The van der Waals surface area contributed by atoms with Crippen LogP contribution >= 0.6 is 0 Å². The number of aryl methyl sites for hydroxylation is 1. The van der Waals surface area contributed by atoms with E-state index in [-0.39, 0.29) is 6.61 Å². The third kappa shape index (κ3) is 6.98. The molecule has 1 rings (SSSR count). The Kier molecular flexibility index (Phi) is 8.15. The summed E-state index contributed by atoms with van der Waals surface area (Å²) >= 11 is 0. The average Bonchev–Trinajstić information content (AvgIpc) is 2.78. The summed E-state index contributed by atoms with van der Waals surface area (Å²) in [5.74, 6) is 0. The Hall–Kier alpha value is -2.00. The minimum atomic E-state index is -0.664. The van der Waals surface area contributed by atoms with Crippen LogP contribution in [-0.2, 0) is 13.1 Å². The second kappa shape index (κ2) is 9.24. The molecule has 1 aromatic rings. The normalized spacial score (nSPS) is 10.5. The Morgan fingerprint density at radius 2 is 2.35 bits per heavy atom. The summed E-state index contributed by atoms with van der Waals surface area (Å²) in [6.45, 7) is 3.23. The molecule has 0 bridgehead atoms. The highest BCUT2D eigenvalue weighted by Gasteiger charge is 2.07. The molecule has 2 N–H and O–H groups in total. The van der Waals surface area contributed by atoms with Gasteiger partial charge in [0.2, 0.25) is 6.33 Å². The highest BCUT2D eigenvalue weighted by Crippen LogP contribution is 1.85. The summed E-state index contributed by atoms with van der Waals surface area (Å²) in [6, 6.07) is 1.28. The molecule has 0 saturated heterocycles. The minimum Gasteiger partial charge on any atom is -0.422 e. The molecule has 7 nitrogen and oxygen atoms in total. The maximum absolute atomic E-state index is 9.11. The Balaban J connectivity index is 0.000000437. The van der Waals surface area contributed by atoms with Crippen molar-refractivity contribution in [2.24, 2.45) is 4.99 Å². The summed E-state index contributed by atoms with van der Waals surface area (Å²) in [5.41, 5.74) is 0. The predicted molar refractivity (Wildman–Crippen MR) is 59.8 cm³/mol. The first-order valence-corrected chi connectivity index (χ1v) is 4.99. The van der Waals surface area contributed by atoms with Gasteiger partial charge in [-0.15, -0.1) is 6.01 Å². The Bertz CT molecular complexity index is 403. The van der Waals surface area contributed by atoms with Crippen LogP contribution in [0.3, 0.4) is 0 Å². The van der Waals surface area contributed by atoms with Crippen molar-refractivity contribution in [1.29, 1.82) is 5.26 Å². The van der Waals surface area contributed by atoms with E-state index in [1.807, 2.05) is 34.8 Å². The van der Waals surface area contributed by atoms with Crippen molar-refractivity contribution in [3.05, 3.63) is 24.1 Å². The number of rotatable bonds is 4. The molecule has 0 aliphatic carbocycles. The first kappa shape index (κ1) is 15.0. The zero-order valence-electron chi connectivity index (χ0n) is 9.56. The summed E-state index contributed by atoms with van der Waals surface area (Å²) in [6.07, 6.45) is 6.33. The molecule has 1 unspecified atom stereocenters. The second-order valence-corrected chi connectivity index (χ2v) is 3.09. The van der Waals surface area contributed by atoms with Gasteiger partial charge < -0.3 is 20.6 Å². The van der Waals surface area contributed by atoms with Crippen LogP contribution in [0.15, 0.2) is 23.7 Å². The standard InChI is InChI=1S/C8H15N2O2.C2N3/c1-2-9-3-4-10(7-9)5-8(12)6-11;3-1-5-2-4/h3-4,7-8,11-12H,2,5-6H2,1H3;/q+1;-1. The van der Waals surface area contributed by atoms with Gasteiger partial charge in [-0.1, -0.05) is 0 Å². The maximum Gasteiger partial charge on any atom is 0.243 e. The summed E-state index contributed by atoms with van der Waals surface area (Å²) < 4.78 is 3.86. The summed E-state index contributed by atoms with van der Waals surface area (Å²) in [4.78, 5) is 2.58. The molecule has 0 amide bonds. The van der Waals surface area contributed by atoms with Gasteiger partial charge in [-0.05, 0) is 6.92 Å². The highest BCUT2D eigenvalue weighted by molar-refractivity contribution is 5.46. The lowest BCUT2D eigenvalue weighted by molar-refractivity contribution is -0.703. The fourth-order valence-electron chi connectivity index (χ4n) is 1.06. The van der Waals surface area contributed by atoms with E-state index in [2.05, 4.69) is 4.99 Å². The molecule has 0 aliphatic rings. The largest absolute Gasteiger partial charge is 0.422 e. The van der Waals surface area contributed by atoms with Gasteiger partial charge in [0.1, 0.15) is 25.0 Å². The fourth-order valence-corrected chi connectivity index (χ4v) is 1.06. The fraction of sp³-hybridized carbons (Fsp3) is 0.500. The predicted octanol–water partition coefficient (Wildman–Crippen LogP) is -0.641. The zero-order chi connectivity index (χ0) is 13.1. The van der Waals surface area contributed by atoms with Crippen LogP contribution in [0.4, 0.5) is 0 Å². The lowest BCUT2D eigenvalue weighted by Gasteiger charge is -2.01. The molecule has 1 atom stereocenters. The van der Waals surface area contributed by atoms with E-state index in [1.165, 1.54) is 12.2 Å². The van der Waals surface area contributed by atoms with Crippen LogP contribution in [0.25, 0.3) is 5.41 Å². The van der Waals surface area contributed by atoms with E-state index in [0.717, 1.165) is 6.54 Å². The van der Waals surface area contributed by atoms with Crippen molar-refractivity contribution in [3.63, 3.8) is 0 Å². The van der Waals surface area contributed by atoms with E-state index < -0.39 is 6.10 Å². The molecule has 0 spiro atoms. The number of nitriles is 1. The maximum atomic E-state index is 9.11. The van der Waals surface area contributed by atoms with Gasteiger partial charge in [0.15, 0.2) is 0 Å². The van der Waals surface area contributed by atoms with Gasteiger partial charge >= 0.3 is 0 Å². The van der Waals surface area contributed by atoms with Crippen molar-refractivity contribution in [2.75, 3.05) is 6.61 Å². The number of nitrogens with zero attached hydrogens (tertiary/aromatic N) is 5. The van der Waals surface area contributed by atoms with Crippen LogP contribution in [0.1, 0.15) is 6.92 Å². The van der Waals surface area contributed by atoms with Crippen LogP contribution in [0.5, 0.6) is 0 Å². The first-order valence-electron chi connectivity index (χ1n) is 4.99. The summed E-state index contributed by atoms with van der Waals surface area (Å²) in [7, 11) is 0. The average molecular weight is 237 g/mol. The van der Waals surface area contributed by atoms with Crippen LogP contribution in [0, 0.1) is 11.5 Å². The molecular formula is C10H15N5O2. The van der Waals surface area contributed by atoms with Crippen molar-refractivity contribution < 1.29 is 14.8 Å². The molecular weight excluding hydrogens is 222 g/mol. The lowest BCUT2D eigenvalue weighted by atomic mass is 10.4. The van der Waals surface area contributed by atoms with E-state index in [9.17, 15) is 0 Å². The number of hydrogen-bond donors (Lipinski definition) is 2. The van der Waals surface area contributed by atoms with Crippen LogP contribution < -0.4 is 4.57 Å². The monoisotopic (exact) mass is 237 g/mol. The Morgan fingerprint density at radius 1 is 1.65 bits per heavy atom. The molecule has 92 valence electrons. The van der Waals surface area contributed by atoms with E-state index >= 15 is 0 Å². The first-order chi connectivity index (χ1) is 8.17. The molecule has 0 fully saturated rings. The van der Waals surface area contributed by atoms with E-state index in [4.69, 9.17) is 20.9 Å². The van der Waals surface area contributed by atoms with Gasteiger partial charge in [-0.25, -0.2) is 9.13 Å². The Labute approximate surface area is 99.4 Å². The summed E-state index contributed by atoms with van der Waals surface area (Å²) in [5, 5.41) is 32.6. The molecule has 0 aliphatic heterocycles. The van der Waals surface area contributed by atoms with Crippen molar-refractivity contribution in [3.8, 4) is 6.19 Å². The number of aromatic nitrogens is 2. The minimum absolute atomic E-state index is 0.190. The number of hydrogen-bond acceptors (Lipinski definition) is 4.